The van der Waals surface area contributed by atoms with Crippen molar-refractivity contribution in [3.63, 3.8) is 0 Å². The molecule has 0 aromatic heterocycles. The average molecular weight is 469 g/mol. The molecule has 0 heterocycles. The van der Waals surface area contributed by atoms with Crippen molar-refractivity contribution in [3.8, 4) is 0 Å². The summed E-state index contributed by atoms with van der Waals surface area (Å²) in [6.45, 7) is 0. The van der Waals surface area contributed by atoms with E-state index in [9.17, 15) is 18.0 Å². The molecular formula is C24H21ClN2O4S. The van der Waals surface area contributed by atoms with Gasteiger partial charge in [0.15, 0.2) is 5.78 Å². The summed E-state index contributed by atoms with van der Waals surface area (Å²) in [6.07, 6.45) is 3.03. The third-order valence-corrected chi connectivity index (χ3v) is 6.68. The summed E-state index contributed by atoms with van der Waals surface area (Å²) in [5.41, 5.74) is 2.15. The van der Waals surface area contributed by atoms with E-state index in [1.165, 1.54) is 44.4 Å². The lowest BCUT2D eigenvalue weighted by Crippen LogP contribution is -2.22. The number of nitrogens with zero attached hydrogens (tertiary/aromatic N) is 1. The number of hydrogen-bond donors (Lipinski definition) is 1. The molecule has 0 fully saturated rings. The largest absolute Gasteiger partial charge is 0.322 e. The van der Waals surface area contributed by atoms with Crippen molar-refractivity contribution in [3.05, 3.63) is 101 Å². The molecule has 0 atom stereocenters. The molecule has 0 bridgehead atoms. The van der Waals surface area contributed by atoms with Crippen molar-refractivity contribution < 1.29 is 18.0 Å². The highest BCUT2D eigenvalue weighted by molar-refractivity contribution is 7.89. The van der Waals surface area contributed by atoms with Gasteiger partial charge in [-0.3, -0.25) is 9.59 Å². The predicted molar refractivity (Wildman–Crippen MR) is 127 cm³/mol. The Morgan fingerprint density at radius 1 is 0.906 bits per heavy atom. The van der Waals surface area contributed by atoms with Gasteiger partial charge in [0.05, 0.1) is 4.90 Å². The molecule has 32 heavy (non-hydrogen) atoms. The molecule has 0 aliphatic rings. The summed E-state index contributed by atoms with van der Waals surface area (Å²) in [7, 11) is -0.654. The van der Waals surface area contributed by atoms with Gasteiger partial charge in [-0.25, -0.2) is 12.7 Å². The molecule has 3 aromatic rings. The second kappa shape index (κ2) is 9.91. The summed E-state index contributed by atoms with van der Waals surface area (Å²) >= 11 is 5.85. The van der Waals surface area contributed by atoms with Crippen LogP contribution in [0.3, 0.4) is 0 Å². The van der Waals surface area contributed by atoms with Crippen LogP contribution in [-0.2, 0) is 10.0 Å². The lowest BCUT2D eigenvalue weighted by atomic mass is 10.1. The minimum absolute atomic E-state index is 0.118. The first-order chi connectivity index (χ1) is 15.2. The van der Waals surface area contributed by atoms with Crippen LogP contribution in [0.1, 0.15) is 26.3 Å². The second-order valence-corrected chi connectivity index (χ2v) is 9.68. The van der Waals surface area contributed by atoms with Crippen LogP contribution in [0.15, 0.2) is 83.8 Å². The van der Waals surface area contributed by atoms with Gasteiger partial charge in [0.1, 0.15) is 0 Å². The van der Waals surface area contributed by atoms with Crippen molar-refractivity contribution in [1.82, 2.24) is 4.31 Å². The molecule has 6 nitrogen and oxygen atoms in total. The molecule has 1 N–H and O–H groups in total. The Morgan fingerprint density at radius 3 is 2.16 bits per heavy atom. The monoisotopic (exact) mass is 468 g/mol. The number of carbonyl (C=O) groups is 2. The molecule has 3 rings (SSSR count). The van der Waals surface area contributed by atoms with Crippen LogP contribution in [-0.4, -0.2) is 38.5 Å². The highest BCUT2D eigenvalue weighted by atomic mass is 35.5. The lowest BCUT2D eigenvalue weighted by Gasteiger charge is -2.11. The molecule has 0 radical (unpaired) electrons. The van der Waals surface area contributed by atoms with Gasteiger partial charge in [-0.15, -0.1) is 0 Å². The molecule has 3 aromatic carbocycles. The molecule has 8 heteroatoms. The molecule has 0 unspecified atom stereocenters. The topological polar surface area (TPSA) is 83.6 Å². The molecule has 1 amide bonds. The normalized spacial score (nSPS) is 11.6. The van der Waals surface area contributed by atoms with Gasteiger partial charge in [0, 0.05) is 35.9 Å². The third kappa shape index (κ3) is 5.70. The van der Waals surface area contributed by atoms with Gasteiger partial charge in [0.2, 0.25) is 10.0 Å². The van der Waals surface area contributed by atoms with E-state index < -0.39 is 10.0 Å². The quantitative estimate of drug-likeness (QED) is 0.401. The zero-order valence-corrected chi connectivity index (χ0v) is 19.0. The van der Waals surface area contributed by atoms with E-state index in [2.05, 4.69) is 5.32 Å². The first kappa shape index (κ1) is 23.4. The number of allylic oxidation sites excluding steroid dienone is 1. The maximum absolute atomic E-state index is 12.5. The zero-order chi connectivity index (χ0) is 23.3. The van der Waals surface area contributed by atoms with Crippen molar-refractivity contribution in [2.24, 2.45) is 0 Å². The fraction of sp³-hybridized carbons (Fsp3) is 0.0833. The molecule has 0 aliphatic carbocycles. The third-order valence-electron chi connectivity index (χ3n) is 4.60. The number of rotatable bonds is 7. The lowest BCUT2D eigenvalue weighted by molar-refractivity contribution is 0.102. The fourth-order valence-electron chi connectivity index (χ4n) is 2.79. The van der Waals surface area contributed by atoms with Crippen LogP contribution in [0.25, 0.3) is 6.08 Å². The van der Waals surface area contributed by atoms with Gasteiger partial charge in [-0.1, -0.05) is 29.8 Å². The minimum Gasteiger partial charge on any atom is -0.322 e. The van der Waals surface area contributed by atoms with Crippen molar-refractivity contribution in [2.45, 2.75) is 4.90 Å². The van der Waals surface area contributed by atoms with Gasteiger partial charge >= 0.3 is 0 Å². The van der Waals surface area contributed by atoms with E-state index in [1.54, 1.807) is 54.6 Å². The number of carbonyl (C=O) groups excluding carboxylic acids is 2. The summed E-state index contributed by atoms with van der Waals surface area (Å²) in [4.78, 5) is 24.9. The van der Waals surface area contributed by atoms with Crippen LogP contribution in [0.5, 0.6) is 0 Å². The van der Waals surface area contributed by atoms with Crippen LogP contribution in [0, 0.1) is 0 Å². The van der Waals surface area contributed by atoms with Crippen LogP contribution in [0.4, 0.5) is 5.69 Å². The van der Waals surface area contributed by atoms with Crippen molar-refractivity contribution in [1.29, 1.82) is 0 Å². The fourth-order valence-corrected chi connectivity index (χ4v) is 3.82. The van der Waals surface area contributed by atoms with E-state index in [0.29, 0.717) is 21.8 Å². The SMILES string of the molecule is CN(C)S(=O)(=O)c1ccc(C(=O)/C=C/c2cccc(NC(=O)c3ccc(Cl)cc3)c2)cc1. The number of nitrogens with one attached hydrogen (secondary N) is 1. The molecule has 0 aliphatic heterocycles. The van der Waals surface area contributed by atoms with Crippen LogP contribution in [0.2, 0.25) is 5.02 Å². The number of anilines is 1. The molecule has 0 saturated carbocycles. The average Bonchev–Trinajstić information content (AvgIpc) is 2.78. The Balaban J connectivity index is 1.69. The summed E-state index contributed by atoms with van der Waals surface area (Å²) in [5.74, 6) is -0.541. The Kier molecular flexibility index (Phi) is 7.25. The standard InChI is InChI=1S/C24H21ClN2O4S/c1-27(2)32(30,31)22-13-9-18(10-14-22)23(28)15-6-17-4-3-5-21(16-17)26-24(29)19-7-11-20(25)12-8-19/h3-16H,1-2H3,(H,26,29)/b15-6+. The Labute approximate surface area is 192 Å². The highest BCUT2D eigenvalue weighted by Gasteiger charge is 2.17. The van der Waals surface area contributed by atoms with E-state index in [4.69, 9.17) is 11.6 Å². The number of sulfonamides is 1. The van der Waals surface area contributed by atoms with E-state index in [-0.39, 0.29) is 16.6 Å². The van der Waals surface area contributed by atoms with Crippen molar-refractivity contribution in [2.75, 3.05) is 19.4 Å². The van der Waals surface area contributed by atoms with E-state index in [1.807, 2.05) is 0 Å². The predicted octanol–water partition coefficient (Wildman–Crippen LogP) is 4.74. The van der Waals surface area contributed by atoms with Crippen LogP contribution >= 0.6 is 11.6 Å². The Bertz CT molecular complexity index is 1270. The molecule has 0 saturated heterocycles. The van der Waals surface area contributed by atoms with E-state index >= 15 is 0 Å². The van der Waals surface area contributed by atoms with Gasteiger partial charge in [-0.05, 0) is 72.3 Å². The number of hydrogen-bond acceptors (Lipinski definition) is 4. The first-order valence-corrected chi connectivity index (χ1v) is 11.4. The second-order valence-electron chi connectivity index (χ2n) is 7.10. The summed E-state index contributed by atoms with van der Waals surface area (Å²) < 4.78 is 25.4. The first-order valence-electron chi connectivity index (χ1n) is 9.59. The smallest absolute Gasteiger partial charge is 0.255 e. The molecular weight excluding hydrogens is 448 g/mol. The zero-order valence-electron chi connectivity index (χ0n) is 17.4. The molecule has 164 valence electrons. The number of ketones is 1. The molecule has 0 spiro atoms. The Hall–Kier alpha value is -3.26. The minimum atomic E-state index is -3.55. The van der Waals surface area contributed by atoms with Gasteiger partial charge in [-0.2, -0.15) is 0 Å². The summed E-state index contributed by atoms with van der Waals surface area (Å²) in [5, 5.41) is 3.35. The number of amides is 1. The van der Waals surface area contributed by atoms with Gasteiger partial charge in [0.25, 0.3) is 5.91 Å². The maximum Gasteiger partial charge on any atom is 0.255 e. The number of halogens is 1. The highest BCUT2D eigenvalue weighted by Crippen LogP contribution is 2.17. The van der Waals surface area contributed by atoms with Crippen LogP contribution < -0.4 is 5.32 Å². The number of benzene rings is 3. The van der Waals surface area contributed by atoms with Crippen molar-refractivity contribution >= 4 is 45.1 Å². The Morgan fingerprint density at radius 2 is 1.53 bits per heavy atom. The van der Waals surface area contributed by atoms with E-state index in [0.717, 1.165) is 9.87 Å². The van der Waals surface area contributed by atoms with Gasteiger partial charge < -0.3 is 5.32 Å². The summed E-state index contributed by atoms with van der Waals surface area (Å²) in [6, 6.07) is 19.4. The maximum atomic E-state index is 12.5.